The predicted molar refractivity (Wildman–Crippen MR) is 76.5 cm³/mol. The molecule has 3 rings (SSSR count). The lowest BCUT2D eigenvalue weighted by Gasteiger charge is -2.43. The molecule has 0 bridgehead atoms. The number of nitrogens with one attached hydrogen (secondary N) is 1. The zero-order valence-corrected chi connectivity index (χ0v) is 12.0. The summed E-state index contributed by atoms with van der Waals surface area (Å²) >= 11 is 0. The maximum atomic E-state index is 13.2. The van der Waals surface area contributed by atoms with Crippen molar-refractivity contribution in [3.63, 3.8) is 0 Å². The Morgan fingerprint density at radius 3 is 2.80 bits per heavy atom. The summed E-state index contributed by atoms with van der Waals surface area (Å²) in [5.41, 5.74) is 1.97. The molecule has 2 heterocycles. The molecule has 0 radical (unpaired) electrons. The van der Waals surface area contributed by atoms with Crippen LogP contribution in [0.2, 0.25) is 0 Å². The monoisotopic (exact) mass is 279 g/mol. The average Bonchev–Trinajstić information content (AvgIpc) is 2.43. The summed E-state index contributed by atoms with van der Waals surface area (Å²) in [5.74, 6) is -0.180. The summed E-state index contributed by atoms with van der Waals surface area (Å²) in [6.45, 7) is 4.32. The van der Waals surface area contributed by atoms with Crippen molar-refractivity contribution < 1.29 is 13.9 Å². The second kappa shape index (κ2) is 5.70. The Labute approximate surface area is 119 Å². The van der Waals surface area contributed by atoms with Crippen LogP contribution in [0.25, 0.3) is 0 Å². The standard InChI is InChI=1S/C16H22FNO2/c1-12-10-13(17)2-3-15(12)18-14-4-7-20-16(11-14)5-8-19-9-6-16/h2-3,10,14,18H,4-9,11H2,1H3. The van der Waals surface area contributed by atoms with Gasteiger partial charge in [-0.05, 0) is 56.4 Å². The van der Waals surface area contributed by atoms with E-state index in [-0.39, 0.29) is 11.4 Å². The van der Waals surface area contributed by atoms with Crippen molar-refractivity contribution in [3.05, 3.63) is 29.6 Å². The van der Waals surface area contributed by atoms with Crippen molar-refractivity contribution in [2.45, 2.75) is 44.2 Å². The molecule has 2 aliphatic heterocycles. The van der Waals surface area contributed by atoms with Gasteiger partial charge in [-0.25, -0.2) is 4.39 Å². The normalized spacial score (nSPS) is 25.6. The molecule has 0 amide bonds. The Hall–Kier alpha value is -1.13. The third kappa shape index (κ3) is 2.96. The quantitative estimate of drug-likeness (QED) is 0.901. The second-order valence-electron chi connectivity index (χ2n) is 5.94. The lowest BCUT2D eigenvalue weighted by Crippen LogP contribution is -2.47. The number of hydrogen-bond acceptors (Lipinski definition) is 3. The Morgan fingerprint density at radius 1 is 1.25 bits per heavy atom. The molecule has 2 aliphatic rings. The Kier molecular flexibility index (Phi) is 3.94. The van der Waals surface area contributed by atoms with Gasteiger partial charge < -0.3 is 14.8 Å². The number of hydrogen-bond donors (Lipinski definition) is 1. The first-order valence-electron chi connectivity index (χ1n) is 7.41. The highest BCUT2D eigenvalue weighted by molar-refractivity contribution is 5.51. The van der Waals surface area contributed by atoms with E-state index in [9.17, 15) is 4.39 Å². The van der Waals surface area contributed by atoms with E-state index in [4.69, 9.17) is 9.47 Å². The Balaban J connectivity index is 1.68. The van der Waals surface area contributed by atoms with Crippen LogP contribution in [0.15, 0.2) is 18.2 Å². The summed E-state index contributed by atoms with van der Waals surface area (Å²) in [4.78, 5) is 0. The minimum Gasteiger partial charge on any atom is -0.382 e. The molecule has 1 atom stereocenters. The van der Waals surface area contributed by atoms with Gasteiger partial charge in [-0.15, -0.1) is 0 Å². The van der Waals surface area contributed by atoms with Gasteiger partial charge in [0.15, 0.2) is 0 Å². The SMILES string of the molecule is Cc1cc(F)ccc1NC1CCOC2(CCOCC2)C1. The summed E-state index contributed by atoms with van der Waals surface area (Å²) < 4.78 is 24.6. The van der Waals surface area contributed by atoms with Crippen molar-refractivity contribution >= 4 is 5.69 Å². The molecule has 1 N–H and O–H groups in total. The topological polar surface area (TPSA) is 30.5 Å². The van der Waals surface area contributed by atoms with Gasteiger partial charge in [-0.1, -0.05) is 0 Å². The summed E-state index contributed by atoms with van der Waals surface area (Å²) in [6, 6.07) is 5.31. The zero-order valence-electron chi connectivity index (χ0n) is 12.0. The molecule has 1 aromatic carbocycles. The van der Waals surface area contributed by atoms with Crippen LogP contribution in [0.5, 0.6) is 0 Å². The molecule has 2 saturated heterocycles. The van der Waals surface area contributed by atoms with Gasteiger partial charge in [-0.2, -0.15) is 0 Å². The van der Waals surface area contributed by atoms with Crippen LogP contribution >= 0.6 is 0 Å². The minimum atomic E-state index is -0.180. The number of benzene rings is 1. The van der Waals surface area contributed by atoms with Gasteiger partial charge in [0.25, 0.3) is 0 Å². The van der Waals surface area contributed by atoms with E-state index in [0.29, 0.717) is 6.04 Å². The maximum absolute atomic E-state index is 13.2. The van der Waals surface area contributed by atoms with Crippen molar-refractivity contribution in [1.29, 1.82) is 0 Å². The highest BCUT2D eigenvalue weighted by Gasteiger charge is 2.39. The van der Waals surface area contributed by atoms with Gasteiger partial charge in [0, 0.05) is 31.5 Å². The van der Waals surface area contributed by atoms with Crippen LogP contribution in [0.3, 0.4) is 0 Å². The van der Waals surface area contributed by atoms with E-state index in [1.165, 1.54) is 6.07 Å². The third-order valence-corrected chi connectivity index (χ3v) is 4.45. The summed E-state index contributed by atoms with van der Waals surface area (Å²) in [6.07, 6.45) is 3.97. The van der Waals surface area contributed by atoms with E-state index in [1.807, 2.05) is 13.0 Å². The first-order valence-corrected chi connectivity index (χ1v) is 7.41. The highest BCUT2D eigenvalue weighted by atomic mass is 19.1. The number of anilines is 1. The first-order chi connectivity index (χ1) is 9.67. The van der Waals surface area contributed by atoms with Crippen molar-refractivity contribution in [2.24, 2.45) is 0 Å². The van der Waals surface area contributed by atoms with Crippen LogP contribution in [0.4, 0.5) is 10.1 Å². The molecule has 20 heavy (non-hydrogen) atoms. The van der Waals surface area contributed by atoms with Crippen molar-refractivity contribution in [1.82, 2.24) is 0 Å². The maximum Gasteiger partial charge on any atom is 0.123 e. The average molecular weight is 279 g/mol. The lowest BCUT2D eigenvalue weighted by molar-refractivity contribution is -0.135. The van der Waals surface area contributed by atoms with Gasteiger partial charge >= 0.3 is 0 Å². The summed E-state index contributed by atoms with van der Waals surface area (Å²) in [7, 11) is 0. The Morgan fingerprint density at radius 2 is 2.05 bits per heavy atom. The van der Waals surface area contributed by atoms with E-state index in [2.05, 4.69) is 5.32 Å². The Bertz CT molecular complexity index is 466. The molecule has 0 saturated carbocycles. The fourth-order valence-electron chi connectivity index (χ4n) is 3.25. The first kappa shape index (κ1) is 13.8. The predicted octanol–water partition coefficient (Wildman–Crippen LogP) is 3.27. The molecule has 0 aliphatic carbocycles. The highest BCUT2D eigenvalue weighted by Crippen LogP contribution is 2.35. The lowest BCUT2D eigenvalue weighted by atomic mass is 9.84. The zero-order chi connectivity index (χ0) is 14.0. The fourth-order valence-corrected chi connectivity index (χ4v) is 3.25. The second-order valence-corrected chi connectivity index (χ2v) is 5.94. The van der Waals surface area contributed by atoms with E-state index in [0.717, 1.165) is 56.8 Å². The number of halogens is 1. The molecular weight excluding hydrogens is 257 g/mol. The molecule has 1 unspecified atom stereocenters. The molecule has 4 heteroatoms. The molecular formula is C16H22FNO2. The number of ether oxygens (including phenoxy) is 2. The molecule has 0 aromatic heterocycles. The third-order valence-electron chi connectivity index (χ3n) is 4.45. The minimum absolute atomic E-state index is 0.0118. The molecule has 3 nitrogen and oxygen atoms in total. The van der Waals surface area contributed by atoms with Gasteiger partial charge in [-0.3, -0.25) is 0 Å². The van der Waals surface area contributed by atoms with Crippen LogP contribution < -0.4 is 5.32 Å². The van der Waals surface area contributed by atoms with Crippen molar-refractivity contribution in [2.75, 3.05) is 25.1 Å². The van der Waals surface area contributed by atoms with Crippen LogP contribution in [0, 0.1) is 12.7 Å². The molecule has 1 spiro atoms. The van der Waals surface area contributed by atoms with Gasteiger partial charge in [0.05, 0.1) is 5.60 Å². The van der Waals surface area contributed by atoms with Gasteiger partial charge in [0.2, 0.25) is 0 Å². The number of rotatable bonds is 2. The van der Waals surface area contributed by atoms with E-state index < -0.39 is 0 Å². The summed E-state index contributed by atoms with van der Waals surface area (Å²) in [5, 5.41) is 3.56. The van der Waals surface area contributed by atoms with Crippen LogP contribution in [-0.2, 0) is 9.47 Å². The molecule has 1 aromatic rings. The number of aryl methyl sites for hydroxylation is 1. The largest absolute Gasteiger partial charge is 0.382 e. The molecule has 110 valence electrons. The smallest absolute Gasteiger partial charge is 0.123 e. The van der Waals surface area contributed by atoms with Crippen LogP contribution in [-0.4, -0.2) is 31.5 Å². The van der Waals surface area contributed by atoms with Crippen LogP contribution in [0.1, 0.15) is 31.2 Å². The van der Waals surface area contributed by atoms with Gasteiger partial charge in [0.1, 0.15) is 5.82 Å². The fraction of sp³-hybridized carbons (Fsp3) is 0.625. The molecule has 2 fully saturated rings. The van der Waals surface area contributed by atoms with Crippen molar-refractivity contribution in [3.8, 4) is 0 Å². The van der Waals surface area contributed by atoms with E-state index in [1.54, 1.807) is 6.07 Å². The van der Waals surface area contributed by atoms with E-state index >= 15 is 0 Å².